The van der Waals surface area contributed by atoms with E-state index in [0.29, 0.717) is 18.3 Å². The fraction of sp³-hybridized carbons (Fsp3) is 0.786. The summed E-state index contributed by atoms with van der Waals surface area (Å²) in [6.45, 7) is 2.11. The number of ether oxygens (including phenoxy) is 1. The van der Waals surface area contributed by atoms with E-state index < -0.39 is 0 Å². The summed E-state index contributed by atoms with van der Waals surface area (Å²) in [5.41, 5.74) is 0. The number of carbonyl (C=O) groups excluding carboxylic acids is 1. The first-order chi connectivity index (χ1) is 8.13. The highest BCUT2D eigenvalue weighted by atomic mass is 16.5. The summed E-state index contributed by atoms with van der Waals surface area (Å²) in [5, 5.41) is 10.3. The third kappa shape index (κ3) is 2.54. The Balaban J connectivity index is 2.11. The van der Waals surface area contributed by atoms with E-state index in [1.54, 1.807) is 0 Å². The summed E-state index contributed by atoms with van der Waals surface area (Å²) >= 11 is 0. The second-order valence-corrected chi connectivity index (χ2v) is 5.49. The van der Waals surface area contributed by atoms with Gasteiger partial charge in [-0.05, 0) is 42.9 Å². The molecular formula is C14H22O3. The number of hydrogen-bond acceptors (Lipinski definition) is 3. The van der Waals surface area contributed by atoms with Crippen LogP contribution in [-0.2, 0) is 9.53 Å². The molecular weight excluding hydrogens is 216 g/mol. The standard InChI is InChI=1S/C14H22O3/c1-9-6-7-10-4-3-5-11(8-12(15)17-2)13(10)14(9)16/h3,5,9-11,13-14,16H,4,6-8H2,1-2H3/t9-,10+,11-,13+,14+/m0/s1. The minimum Gasteiger partial charge on any atom is -0.469 e. The van der Waals surface area contributed by atoms with E-state index in [1.807, 2.05) is 0 Å². The van der Waals surface area contributed by atoms with Crippen molar-refractivity contribution in [3.05, 3.63) is 12.2 Å². The lowest BCUT2D eigenvalue weighted by atomic mass is 9.63. The Morgan fingerprint density at radius 3 is 2.94 bits per heavy atom. The van der Waals surface area contributed by atoms with Gasteiger partial charge in [0, 0.05) is 0 Å². The maximum Gasteiger partial charge on any atom is 0.306 e. The quantitative estimate of drug-likeness (QED) is 0.592. The Kier molecular flexibility index (Phi) is 3.87. The van der Waals surface area contributed by atoms with Crippen molar-refractivity contribution < 1.29 is 14.6 Å². The van der Waals surface area contributed by atoms with Crippen LogP contribution in [0.5, 0.6) is 0 Å². The first-order valence-electron chi connectivity index (χ1n) is 6.55. The molecule has 1 saturated carbocycles. The topological polar surface area (TPSA) is 46.5 Å². The van der Waals surface area contributed by atoms with Gasteiger partial charge < -0.3 is 9.84 Å². The normalized spacial score (nSPS) is 40.8. The molecule has 0 bridgehead atoms. The van der Waals surface area contributed by atoms with Gasteiger partial charge in [-0.1, -0.05) is 19.1 Å². The van der Waals surface area contributed by atoms with E-state index in [4.69, 9.17) is 4.74 Å². The molecule has 17 heavy (non-hydrogen) atoms. The van der Waals surface area contributed by atoms with E-state index in [1.165, 1.54) is 13.5 Å². The minimum absolute atomic E-state index is 0.152. The second kappa shape index (κ2) is 5.21. The smallest absolute Gasteiger partial charge is 0.306 e. The lowest BCUT2D eigenvalue weighted by Crippen LogP contribution is -2.43. The summed E-state index contributed by atoms with van der Waals surface area (Å²) < 4.78 is 4.74. The Morgan fingerprint density at radius 2 is 2.24 bits per heavy atom. The predicted octanol–water partition coefficient (Wildman–Crippen LogP) is 2.15. The van der Waals surface area contributed by atoms with Crippen molar-refractivity contribution >= 4 is 5.97 Å². The Hall–Kier alpha value is -0.830. The summed E-state index contributed by atoms with van der Waals surface area (Å²) in [4.78, 5) is 11.4. The highest BCUT2D eigenvalue weighted by Gasteiger charge is 2.41. The SMILES string of the molecule is COC(=O)C[C@@H]1C=CC[C@@H]2CC[C@H](C)[C@@H](O)[C@H]21. The molecule has 0 amide bonds. The van der Waals surface area contributed by atoms with Crippen molar-refractivity contribution in [3.8, 4) is 0 Å². The van der Waals surface area contributed by atoms with Gasteiger partial charge in [0.05, 0.1) is 19.6 Å². The zero-order valence-corrected chi connectivity index (χ0v) is 10.6. The molecule has 0 unspecified atom stereocenters. The molecule has 96 valence electrons. The molecule has 0 aromatic rings. The number of aliphatic hydroxyl groups excluding tert-OH is 1. The molecule has 3 nitrogen and oxygen atoms in total. The van der Waals surface area contributed by atoms with Crippen LogP contribution in [0.25, 0.3) is 0 Å². The zero-order valence-electron chi connectivity index (χ0n) is 10.6. The Labute approximate surface area is 103 Å². The number of esters is 1. The van der Waals surface area contributed by atoms with Crippen LogP contribution in [0, 0.1) is 23.7 Å². The lowest BCUT2D eigenvalue weighted by molar-refractivity contribution is -0.143. The van der Waals surface area contributed by atoms with Crippen LogP contribution in [0.2, 0.25) is 0 Å². The molecule has 1 N–H and O–H groups in total. The van der Waals surface area contributed by atoms with Gasteiger partial charge in [0.1, 0.15) is 0 Å². The van der Waals surface area contributed by atoms with Gasteiger partial charge in [0.2, 0.25) is 0 Å². The maximum absolute atomic E-state index is 11.4. The fourth-order valence-electron chi connectivity index (χ4n) is 3.41. The fourth-order valence-corrected chi connectivity index (χ4v) is 3.41. The largest absolute Gasteiger partial charge is 0.469 e. The summed E-state index contributed by atoms with van der Waals surface area (Å²) in [6, 6.07) is 0. The highest BCUT2D eigenvalue weighted by molar-refractivity contribution is 5.69. The third-order valence-corrected chi connectivity index (χ3v) is 4.46. The molecule has 0 aliphatic heterocycles. The predicted molar refractivity (Wildman–Crippen MR) is 65.3 cm³/mol. The van der Waals surface area contributed by atoms with Crippen molar-refractivity contribution in [1.29, 1.82) is 0 Å². The number of carbonyl (C=O) groups is 1. The van der Waals surface area contributed by atoms with Gasteiger partial charge in [-0.3, -0.25) is 4.79 Å². The average Bonchev–Trinajstić information content (AvgIpc) is 2.34. The molecule has 2 aliphatic rings. The molecule has 0 aromatic heterocycles. The highest BCUT2D eigenvalue weighted by Crippen LogP contribution is 2.44. The molecule has 2 aliphatic carbocycles. The maximum atomic E-state index is 11.4. The molecule has 2 rings (SSSR count). The van der Waals surface area contributed by atoms with Gasteiger partial charge >= 0.3 is 5.97 Å². The second-order valence-electron chi connectivity index (χ2n) is 5.49. The zero-order chi connectivity index (χ0) is 12.4. The van der Waals surface area contributed by atoms with Crippen LogP contribution in [-0.4, -0.2) is 24.3 Å². The molecule has 5 atom stereocenters. The number of allylic oxidation sites excluding steroid dienone is 2. The summed E-state index contributed by atoms with van der Waals surface area (Å²) in [7, 11) is 1.42. The van der Waals surface area contributed by atoms with Gasteiger partial charge in [0.25, 0.3) is 0 Å². The van der Waals surface area contributed by atoms with Crippen molar-refractivity contribution in [1.82, 2.24) is 0 Å². The molecule has 0 radical (unpaired) electrons. The van der Waals surface area contributed by atoms with Gasteiger partial charge in [0.15, 0.2) is 0 Å². The molecule has 3 heteroatoms. The van der Waals surface area contributed by atoms with Gasteiger partial charge in [-0.15, -0.1) is 0 Å². The first-order valence-corrected chi connectivity index (χ1v) is 6.55. The van der Waals surface area contributed by atoms with Crippen LogP contribution < -0.4 is 0 Å². The number of rotatable bonds is 2. The van der Waals surface area contributed by atoms with Crippen LogP contribution in [0.15, 0.2) is 12.2 Å². The van der Waals surface area contributed by atoms with E-state index in [9.17, 15) is 9.90 Å². The third-order valence-electron chi connectivity index (χ3n) is 4.46. The Morgan fingerprint density at radius 1 is 1.47 bits per heavy atom. The molecule has 1 fully saturated rings. The average molecular weight is 238 g/mol. The first kappa shape index (κ1) is 12.6. The van der Waals surface area contributed by atoms with Crippen molar-refractivity contribution in [3.63, 3.8) is 0 Å². The van der Waals surface area contributed by atoms with Crippen molar-refractivity contribution in [2.75, 3.05) is 7.11 Å². The van der Waals surface area contributed by atoms with Crippen molar-refractivity contribution in [2.45, 2.75) is 38.7 Å². The van der Waals surface area contributed by atoms with Gasteiger partial charge in [-0.2, -0.15) is 0 Å². The van der Waals surface area contributed by atoms with E-state index in [-0.39, 0.29) is 23.9 Å². The molecule has 0 spiro atoms. The van der Waals surface area contributed by atoms with Gasteiger partial charge in [-0.25, -0.2) is 0 Å². The number of methoxy groups -OCH3 is 1. The number of fused-ring (bicyclic) bond motifs is 1. The number of aliphatic hydroxyl groups is 1. The summed E-state index contributed by atoms with van der Waals surface area (Å²) in [5.74, 6) is 1.11. The summed E-state index contributed by atoms with van der Waals surface area (Å²) in [6.07, 6.45) is 7.71. The van der Waals surface area contributed by atoms with Crippen LogP contribution in [0.4, 0.5) is 0 Å². The van der Waals surface area contributed by atoms with E-state index >= 15 is 0 Å². The van der Waals surface area contributed by atoms with Crippen LogP contribution in [0.3, 0.4) is 0 Å². The molecule has 0 saturated heterocycles. The van der Waals surface area contributed by atoms with Crippen molar-refractivity contribution in [2.24, 2.45) is 23.7 Å². The number of hydrogen-bond donors (Lipinski definition) is 1. The van der Waals surface area contributed by atoms with Crippen LogP contribution in [0.1, 0.15) is 32.6 Å². The molecule has 0 heterocycles. The minimum atomic E-state index is -0.270. The lowest BCUT2D eigenvalue weighted by Gasteiger charge is -2.44. The Bertz CT molecular complexity index is 311. The van der Waals surface area contributed by atoms with Crippen LogP contribution >= 0.6 is 0 Å². The monoisotopic (exact) mass is 238 g/mol. The van der Waals surface area contributed by atoms with E-state index in [2.05, 4.69) is 19.1 Å². The van der Waals surface area contributed by atoms with E-state index in [0.717, 1.165) is 12.8 Å². The molecule has 0 aromatic carbocycles.